The van der Waals surface area contributed by atoms with Crippen LogP contribution in [0.25, 0.3) is 0 Å². The minimum absolute atomic E-state index is 0. The Bertz CT molecular complexity index is 145. The normalized spacial score (nSPS) is 10.8. The van der Waals surface area contributed by atoms with Crippen molar-refractivity contribution in [3.63, 3.8) is 0 Å². The Morgan fingerprint density at radius 1 is 0.550 bits per heavy atom. The van der Waals surface area contributed by atoms with Crippen LogP contribution in [0, 0.1) is 0 Å². The SMILES string of the molecule is CCCCCO[BH-](OCCCCC)OCCCCC.[K+]. The maximum Gasteiger partial charge on any atom is 1.00 e. The molecule has 3 nitrogen and oxygen atoms in total. The predicted molar refractivity (Wildman–Crippen MR) is 83.6 cm³/mol. The van der Waals surface area contributed by atoms with Gasteiger partial charge in [-0.05, 0) is 19.3 Å². The van der Waals surface area contributed by atoms with Crippen molar-refractivity contribution in [2.75, 3.05) is 19.8 Å². The molecule has 0 amide bonds. The molecule has 0 bridgehead atoms. The molecular weight excluding hydrogens is 278 g/mol. The fourth-order valence-electron chi connectivity index (χ4n) is 1.89. The molecule has 116 valence electrons. The predicted octanol–water partition coefficient (Wildman–Crippen LogP) is 1.33. The van der Waals surface area contributed by atoms with Crippen LogP contribution in [0.2, 0.25) is 0 Å². The molecule has 0 N–H and O–H groups in total. The number of hydrogen-bond acceptors (Lipinski definition) is 3. The zero-order chi connectivity index (χ0) is 14.2. The topological polar surface area (TPSA) is 27.7 Å². The van der Waals surface area contributed by atoms with E-state index >= 15 is 0 Å². The Hall–Kier alpha value is 1.58. The first kappa shape index (κ1) is 23.8. The van der Waals surface area contributed by atoms with Gasteiger partial charge in [-0.1, -0.05) is 59.3 Å². The van der Waals surface area contributed by atoms with Crippen LogP contribution in [-0.2, 0) is 14.0 Å². The maximum atomic E-state index is 5.74. The summed E-state index contributed by atoms with van der Waals surface area (Å²) < 4.78 is 17.2. The summed E-state index contributed by atoms with van der Waals surface area (Å²) in [7, 11) is -1.30. The minimum Gasteiger partial charge on any atom is -0.547 e. The van der Waals surface area contributed by atoms with E-state index in [-0.39, 0.29) is 51.4 Å². The largest absolute Gasteiger partial charge is 1.00 e. The molecule has 0 aromatic carbocycles. The summed E-state index contributed by atoms with van der Waals surface area (Å²) in [5.74, 6) is 0. The molecule has 0 spiro atoms. The van der Waals surface area contributed by atoms with Crippen LogP contribution in [0.1, 0.15) is 78.6 Å². The Morgan fingerprint density at radius 3 is 1.10 bits per heavy atom. The molecule has 0 unspecified atom stereocenters. The van der Waals surface area contributed by atoms with E-state index < -0.39 is 7.32 Å². The standard InChI is InChI=1S/C15H34BO3.K/c1-4-7-10-13-17-16(18-14-11-8-5-2)19-15-12-9-6-3;/h16H,4-15H2,1-3H3;/q-1;+1. The molecule has 0 radical (unpaired) electrons. The molecule has 0 saturated carbocycles. The van der Waals surface area contributed by atoms with Gasteiger partial charge in [-0.25, -0.2) is 0 Å². The van der Waals surface area contributed by atoms with Crippen molar-refractivity contribution in [1.82, 2.24) is 0 Å². The van der Waals surface area contributed by atoms with E-state index in [0.717, 1.165) is 39.1 Å². The molecule has 0 aromatic heterocycles. The first-order valence-corrected chi connectivity index (χ1v) is 8.35. The Morgan fingerprint density at radius 2 is 0.850 bits per heavy atom. The summed E-state index contributed by atoms with van der Waals surface area (Å²) in [6.07, 6.45) is 10.6. The molecule has 0 aliphatic heterocycles. The smallest absolute Gasteiger partial charge is 0.547 e. The van der Waals surface area contributed by atoms with Gasteiger partial charge in [0, 0.05) is 19.8 Å². The van der Waals surface area contributed by atoms with Crippen LogP contribution in [0.5, 0.6) is 0 Å². The zero-order valence-corrected chi connectivity index (χ0v) is 17.5. The van der Waals surface area contributed by atoms with E-state index in [0.29, 0.717) is 0 Å². The quantitative estimate of drug-likeness (QED) is 0.337. The molecule has 0 aromatic rings. The third-order valence-corrected chi connectivity index (χ3v) is 3.18. The third-order valence-electron chi connectivity index (χ3n) is 3.18. The summed E-state index contributed by atoms with van der Waals surface area (Å²) >= 11 is 0. The van der Waals surface area contributed by atoms with E-state index in [2.05, 4.69) is 20.8 Å². The molecule has 0 rings (SSSR count). The first-order chi connectivity index (χ1) is 9.35. The van der Waals surface area contributed by atoms with Gasteiger partial charge in [-0.3, -0.25) is 0 Å². The maximum absolute atomic E-state index is 5.74. The van der Waals surface area contributed by atoms with Gasteiger partial charge >= 0.3 is 58.7 Å². The van der Waals surface area contributed by atoms with Gasteiger partial charge in [0.15, 0.2) is 0 Å². The van der Waals surface area contributed by atoms with E-state index in [4.69, 9.17) is 14.0 Å². The van der Waals surface area contributed by atoms with E-state index in [1.807, 2.05) is 0 Å². The Balaban J connectivity index is 0. The molecular formula is C15H34BKO3. The van der Waals surface area contributed by atoms with Crippen LogP contribution in [0.15, 0.2) is 0 Å². The molecule has 5 heteroatoms. The first-order valence-electron chi connectivity index (χ1n) is 8.35. The molecule has 0 fully saturated rings. The van der Waals surface area contributed by atoms with Crippen molar-refractivity contribution in [2.24, 2.45) is 0 Å². The molecule has 0 saturated heterocycles. The molecule has 0 atom stereocenters. The van der Waals surface area contributed by atoms with Gasteiger partial charge in [0.2, 0.25) is 0 Å². The second-order valence-corrected chi connectivity index (χ2v) is 5.20. The van der Waals surface area contributed by atoms with Crippen LogP contribution in [0.4, 0.5) is 0 Å². The number of rotatable bonds is 15. The van der Waals surface area contributed by atoms with Gasteiger partial charge < -0.3 is 14.0 Å². The van der Waals surface area contributed by atoms with Crippen molar-refractivity contribution < 1.29 is 65.3 Å². The molecule has 0 aliphatic carbocycles. The zero-order valence-electron chi connectivity index (χ0n) is 14.4. The van der Waals surface area contributed by atoms with Gasteiger partial charge in [0.25, 0.3) is 0 Å². The van der Waals surface area contributed by atoms with E-state index in [1.165, 1.54) is 38.5 Å². The van der Waals surface area contributed by atoms with Gasteiger partial charge in [0.1, 0.15) is 0 Å². The monoisotopic (exact) mass is 312 g/mol. The van der Waals surface area contributed by atoms with Crippen molar-refractivity contribution in [1.29, 1.82) is 0 Å². The van der Waals surface area contributed by atoms with Crippen LogP contribution in [-0.4, -0.2) is 27.1 Å². The Labute approximate surface area is 169 Å². The van der Waals surface area contributed by atoms with Crippen LogP contribution in [0.3, 0.4) is 0 Å². The fourth-order valence-corrected chi connectivity index (χ4v) is 1.89. The van der Waals surface area contributed by atoms with Crippen molar-refractivity contribution >= 4 is 7.32 Å². The van der Waals surface area contributed by atoms with E-state index in [1.54, 1.807) is 0 Å². The third kappa shape index (κ3) is 17.6. The summed E-state index contributed by atoms with van der Waals surface area (Å²) in [6, 6.07) is 0. The van der Waals surface area contributed by atoms with E-state index in [9.17, 15) is 0 Å². The van der Waals surface area contributed by atoms with Gasteiger partial charge in [-0.2, -0.15) is 0 Å². The summed E-state index contributed by atoms with van der Waals surface area (Å²) in [5.41, 5.74) is 0. The van der Waals surface area contributed by atoms with Crippen molar-refractivity contribution in [3.8, 4) is 0 Å². The molecule has 20 heavy (non-hydrogen) atoms. The summed E-state index contributed by atoms with van der Waals surface area (Å²) in [6.45, 7) is 8.92. The van der Waals surface area contributed by atoms with Crippen LogP contribution < -0.4 is 51.4 Å². The summed E-state index contributed by atoms with van der Waals surface area (Å²) in [4.78, 5) is 0. The molecule has 0 heterocycles. The average Bonchev–Trinajstić information content (AvgIpc) is 2.43. The van der Waals surface area contributed by atoms with Gasteiger partial charge in [-0.15, -0.1) is 0 Å². The second-order valence-electron chi connectivity index (χ2n) is 5.20. The van der Waals surface area contributed by atoms with Crippen molar-refractivity contribution in [3.05, 3.63) is 0 Å². The minimum atomic E-state index is -1.30. The van der Waals surface area contributed by atoms with Crippen LogP contribution >= 0.6 is 0 Å². The van der Waals surface area contributed by atoms with Crippen molar-refractivity contribution in [2.45, 2.75) is 78.6 Å². The number of unbranched alkanes of at least 4 members (excludes halogenated alkanes) is 6. The average molecular weight is 312 g/mol. The Kier molecular flexibility index (Phi) is 24.5. The second kappa shape index (κ2) is 20.6. The number of hydrogen-bond donors (Lipinski definition) is 0. The fraction of sp³-hybridized carbons (Fsp3) is 1.00. The van der Waals surface area contributed by atoms with Gasteiger partial charge in [0.05, 0.1) is 0 Å². The molecule has 0 aliphatic rings. The summed E-state index contributed by atoms with van der Waals surface area (Å²) in [5, 5.41) is 0.